The Hall–Kier alpha value is -4.47. The molecule has 36 heavy (non-hydrogen) atoms. The summed E-state index contributed by atoms with van der Waals surface area (Å²) >= 11 is 0. The van der Waals surface area contributed by atoms with Crippen molar-refractivity contribution in [1.82, 2.24) is 15.0 Å². The van der Waals surface area contributed by atoms with Crippen LogP contribution in [0.2, 0.25) is 0 Å². The molecule has 0 bridgehead atoms. The summed E-state index contributed by atoms with van der Waals surface area (Å²) < 4.78 is 4.97. The van der Waals surface area contributed by atoms with Gasteiger partial charge in [-0.15, -0.1) is 0 Å². The molecule has 0 spiro atoms. The molecule has 2 aromatic carbocycles. The molecule has 0 saturated carbocycles. The van der Waals surface area contributed by atoms with Gasteiger partial charge in [0.15, 0.2) is 6.04 Å². The number of nitrogens with zero attached hydrogens (tertiary/aromatic N) is 2. The summed E-state index contributed by atoms with van der Waals surface area (Å²) in [7, 11) is 1.20. The summed E-state index contributed by atoms with van der Waals surface area (Å²) in [6.07, 6.45) is 1.94. The van der Waals surface area contributed by atoms with Gasteiger partial charge >= 0.3 is 5.97 Å². The maximum absolute atomic E-state index is 13.4. The molecule has 1 unspecified atom stereocenters. The van der Waals surface area contributed by atoms with E-state index in [-0.39, 0.29) is 25.1 Å². The third-order valence-electron chi connectivity index (χ3n) is 6.36. The zero-order valence-electron chi connectivity index (χ0n) is 20.0. The second-order valence-corrected chi connectivity index (χ2v) is 8.73. The smallest absolute Gasteiger partial charge is 0.331 e. The summed E-state index contributed by atoms with van der Waals surface area (Å²) in [6, 6.07) is 13.1. The van der Waals surface area contributed by atoms with Crippen molar-refractivity contribution < 1.29 is 23.9 Å². The molecule has 10 nitrogen and oxygen atoms in total. The molecule has 2 heterocycles. The number of amides is 3. The summed E-state index contributed by atoms with van der Waals surface area (Å²) in [4.78, 5) is 55.1. The molecule has 3 aromatic rings. The van der Waals surface area contributed by atoms with Gasteiger partial charge in [0.05, 0.1) is 13.0 Å². The van der Waals surface area contributed by atoms with E-state index in [0.29, 0.717) is 5.56 Å². The van der Waals surface area contributed by atoms with Gasteiger partial charge in [0.25, 0.3) is 5.91 Å². The minimum atomic E-state index is -1.21. The van der Waals surface area contributed by atoms with Gasteiger partial charge in [-0.1, -0.05) is 42.5 Å². The van der Waals surface area contributed by atoms with Gasteiger partial charge < -0.3 is 15.5 Å². The third kappa shape index (κ3) is 4.70. The first kappa shape index (κ1) is 24.6. The highest BCUT2D eigenvalue weighted by Gasteiger charge is 2.47. The topological polar surface area (TPSA) is 150 Å². The number of methoxy groups -OCH3 is 1. The number of esters is 1. The summed E-state index contributed by atoms with van der Waals surface area (Å²) in [5.74, 6) is -3.25. The van der Waals surface area contributed by atoms with Gasteiger partial charge in [-0.2, -0.15) is 5.01 Å². The number of hydrogen-bond donors (Lipinski definition) is 3. The number of aromatic amines is 1. The van der Waals surface area contributed by atoms with Crippen molar-refractivity contribution in [2.24, 2.45) is 11.7 Å². The van der Waals surface area contributed by atoms with Gasteiger partial charge in [0.1, 0.15) is 5.84 Å². The zero-order valence-corrected chi connectivity index (χ0v) is 20.0. The first-order chi connectivity index (χ1) is 17.2. The number of fused-ring (bicyclic) bond motifs is 1. The molecule has 0 radical (unpaired) electrons. The van der Waals surface area contributed by atoms with Crippen molar-refractivity contribution in [2.75, 3.05) is 7.11 Å². The SMILES string of the molecule is COC(=O)[C@H](Cc1c[nH]c2ccccc12)N(C(C)=O)N1C(=O)CC(Cc2ccc(C(=N)N)cc2)C1=O. The number of hydrogen-bond acceptors (Lipinski definition) is 6. The van der Waals surface area contributed by atoms with Gasteiger partial charge in [-0.3, -0.25) is 19.8 Å². The predicted molar refractivity (Wildman–Crippen MR) is 131 cm³/mol. The summed E-state index contributed by atoms with van der Waals surface area (Å²) in [5.41, 5.74) is 8.43. The minimum absolute atomic E-state index is 0.0461. The summed E-state index contributed by atoms with van der Waals surface area (Å²) in [6.45, 7) is 1.21. The van der Waals surface area contributed by atoms with E-state index < -0.39 is 35.7 Å². The third-order valence-corrected chi connectivity index (χ3v) is 6.36. The van der Waals surface area contributed by atoms with E-state index in [4.69, 9.17) is 15.9 Å². The number of para-hydroxylation sites is 1. The Bertz CT molecular complexity index is 1350. The number of amidine groups is 1. The van der Waals surface area contributed by atoms with E-state index >= 15 is 0 Å². The number of nitrogens with one attached hydrogen (secondary N) is 2. The highest BCUT2D eigenvalue weighted by molar-refractivity contribution is 6.05. The first-order valence-electron chi connectivity index (χ1n) is 11.4. The number of imide groups is 1. The summed E-state index contributed by atoms with van der Waals surface area (Å²) in [5, 5.41) is 10.1. The number of nitrogen functional groups attached to an aromatic ring is 1. The van der Waals surface area contributed by atoms with E-state index in [9.17, 15) is 19.2 Å². The number of hydrazine groups is 1. The normalized spacial score (nSPS) is 16.3. The Morgan fingerprint density at radius 2 is 1.89 bits per heavy atom. The van der Waals surface area contributed by atoms with E-state index in [1.54, 1.807) is 30.5 Å². The average molecular weight is 490 g/mol. The van der Waals surface area contributed by atoms with Crippen LogP contribution in [-0.2, 0) is 36.8 Å². The number of benzene rings is 2. The van der Waals surface area contributed by atoms with Crippen molar-refractivity contribution >= 4 is 40.4 Å². The fourth-order valence-electron chi connectivity index (χ4n) is 4.59. The fraction of sp³-hybridized carbons (Fsp3) is 0.269. The van der Waals surface area contributed by atoms with E-state index in [1.165, 1.54) is 14.0 Å². The number of carbonyl (C=O) groups is 4. The van der Waals surface area contributed by atoms with Crippen molar-refractivity contribution in [2.45, 2.75) is 32.2 Å². The van der Waals surface area contributed by atoms with Crippen LogP contribution in [0.25, 0.3) is 10.9 Å². The monoisotopic (exact) mass is 489 g/mol. The number of H-pyrrole nitrogens is 1. The van der Waals surface area contributed by atoms with E-state index in [1.807, 2.05) is 24.3 Å². The lowest BCUT2D eigenvalue weighted by atomic mass is 9.97. The number of ether oxygens (including phenoxy) is 1. The molecule has 2 atom stereocenters. The molecule has 1 aromatic heterocycles. The largest absolute Gasteiger partial charge is 0.467 e. The van der Waals surface area contributed by atoms with Crippen LogP contribution in [-0.4, -0.2) is 57.7 Å². The molecule has 4 rings (SSSR count). The molecular formula is C26H27N5O5. The van der Waals surface area contributed by atoms with Crippen molar-refractivity contribution in [3.8, 4) is 0 Å². The Kier molecular flexibility index (Phi) is 6.86. The maximum Gasteiger partial charge on any atom is 0.331 e. The maximum atomic E-state index is 13.4. The van der Waals surface area contributed by atoms with Gasteiger partial charge in [0.2, 0.25) is 11.8 Å². The molecule has 1 aliphatic rings. The number of carbonyl (C=O) groups excluding carboxylic acids is 4. The Labute approximate surface area is 207 Å². The lowest BCUT2D eigenvalue weighted by Gasteiger charge is -2.34. The van der Waals surface area contributed by atoms with Crippen LogP contribution in [0.5, 0.6) is 0 Å². The number of rotatable bonds is 8. The van der Waals surface area contributed by atoms with Crippen molar-refractivity contribution in [3.63, 3.8) is 0 Å². The van der Waals surface area contributed by atoms with Crippen LogP contribution in [0.4, 0.5) is 0 Å². The van der Waals surface area contributed by atoms with Gasteiger partial charge in [-0.25, -0.2) is 9.80 Å². The first-order valence-corrected chi connectivity index (χ1v) is 11.4. The molecule has 1 aliphatic heterocycles. The zero-order chi connectivity index (χ0) is 26.0. The molecule has 0 aliphatic carbocycles. The van der Waals surface area contributed by atoms with Crippen LogP contribution in [0.15, 0.2) is 54.7 Å². The molecular weight excluding hydrogens is 462 g/mol. The standard InChI is InChI=1S/C26H27N5O5/c1-15(32)30(22(26(35)36-2)12-19-14-29-21-6-4-3-5-20(19)21)31-23(33)13-18(25(31)34)11-16-7-9-17(10-8-16)24(27)28/h3-10,14,18,22,29H,11-13H2,1-2H3,(H3,27,28)/t18?,22-/m0/s1. The van der Waals surface area contributed by atoms with E-state index in [2.05, 4.69) is 4.98 Å². The number of nitrogens with two attached hydrogens (primary N) is 1. The minimum Gasteiger partial charge on any atom is -0.467 e. The Morgan fingerprint density at radius 3 is 2.53 bits per heavy atom. The lowest BCUT2D eigenvalue weighted by molar-refractivity contribution is -0.178. The molecule has 1 saturated heterocycles. The quantitative estimate of drug-likeness (QED) is 0.190. The highest BCUT2D eigenvalue weighted by atomic mass is 16.5. The molecule has 3 amide bonds. The lowest BCUT2D eigenvalue weighted by Crippen LogP contribution is -2.57. The van der Waals surface area contributed by atoms with E-state index in [0.717, 1.165) is 32.0 Å². The molecule has 186 valence electrons. The second kappa shape index (κ2) is 10.0. The van der Waals surface area contributed by atoms with Crippen LogP contribution >= 0.6 is 0 Å². The van der Waals surface area contributed by atoms with Crippen molar-refractivity contribution in [1.29, 1.82) is 5.41 Å². The van der Waals surface area contributed by atoms with Crippen LogP contribution in [0.1, 0.15) is 30.0 Å². The molecule has 10 heteroatoms. The van der Waals surface area contributed by atoms with Crippen LogP contribution in [0.3, 0.4) is 0 Å². The Morgan fingerprint density at radius 1 is 1.19 bits per heavy atom. The van der Waals surface area contributed by atoms with Crippen LogP contribution < -0.4 is 5.73 Å². The second-order valence-electron chi connectivity index (χ2n) is 8.73. The molecule has 4 N–H and O–H groups in total. The fourth-order valence-corrected chi connectivity index (χ4v) is 4.59. The van der Waals surface area contributed by atoms with Crippen LogP contribution in [0, 0.1) is 11.3 Å². The Balaban J connectivity index is 1.61. The van der Waals surface area contributed by atoms with Gasteiger partial charge in [-0.05, 0) is 23.6 Å². The van der Waals surface area contributed by atoms with Gasteiger partial charge in [0, 0.05) is 42.4 Å². The average Bonchev–Trinajstić information content (AvgIpc) is 3.39. The molecule has 1 fully saturated rings. The predicted octanol–water partition coefficient (Wildman–Crippen LogP) is 1.92. The van der Waals surface area contributed by atoms with Crippen molar-refractivity contribution in [3.05, 3.63) is 71.4 Å². The highest BCUT2D eigenvalue weighted by Crippen LogP contribution is 2.29. The number of aromatic nitrogens is 1.